The van der Waals surface area contributed by atoms with Crippen LogP contribution in [0.3, 0.4) is 0 Å². The van der Waals surface area contributed by atoms with Gasteiger partial charge in [0.2, 0.25) is 0 Å². The molecule has 1 saturated heterocycles. The number of benzene rings is 3. The largest absolute Gasteiger partial charge is 0.468 e. The molecule has 5 aromatic rings. The van der Waals surface area contributed by atoms with Gasteiger partial charge in [0.05, 0.1) is 24.0 Å². The van der Waals surface area contributed by atoms with Crippen molar-refractivity contribution in [3.8, 4) is 23.3 Å². The van der Waals surface area contributed by atoms with Crippen LogP contribution in [0.2, 0.25) is 16.6 Å². The molecule has 3 aromatic carbocycles. The van der Waals surface area contributed by atoms with Gasteiger partial charge < -0.3 is 23.7 Å². The number of imidazole rings is 1. The average Bonchev–Trinajstić information content (AvgIpc) is 3.40. The lowest BCUT2D eigenvalue weighted by molar-refractivity contribution is 0.0512. The normalized spacial score (nSPS) is 14.0. The third-order valence-corrected chi connectivity index (χ3v) is 18.9. The summed E-state index contributed by atoms with van der Waals surface area (Å²) in [6.07, 6.45) is 2.61. The molecule has 1 fully saturated rings. The Kier molecular flexibility index (Phi) is 13.6. The molecule has 0 bridgehead atoms. The molecule has 3 heterocycles. The van der Waals surface area contributed by atoms with Gasteiger partial charge in [-0.2, -0.15) is 5.26 Å². The highest BCUT2D eigenvalue weighted by Crippen LogP contribution is 2.42. The van der Waals surface area contributed by atoms with Gasteiger partial charge in [-0.05, 0) is 68.7 Å². The van der Waals surface area contributed by atoms with Crippen LogP contribution in [-0.2, 0) is 27.2 Å². The fourth-order valence-corrected chi connectivity index (χ4v) is 14.8. The van der Waals surface area contributed by atoms with E-state index in [0.717, 1.165) is 34.3 Å². The molecule has 1 aliphatic heterocycles. The van der Waals surface area contributed by atoms with Gasteiger partial charge in [-0.25, -0.2) is 14.4 Å². The molecule has 11 heteroatoms. The van der Waals surface area contributed by atoms with Gasteiger partial charge in [-0.3, -0.25) is 0 Å². The molecular formula is C47H58FN5O3SSi. The first-order valence-corrected chi connectivity index (χ1v) is 23.6. The Labute approximate surface area is 349 Å². The van der Waals surface area contributed by atoms with E-state index in [1.807, 2.05) is 16.7 Å². The van der Waals surface area contributed by atoms with Crippen LogP contribution in [0.25, 0.3) is 21.8 Å². The highest BCUT2D eigenvalue weighted by Gasteiger charge is 2.42. The van der Waals surface area contributed by atoms with Crippen molar-refractivity contribution >= 4 is 47.5 Å². The van der Waals surface area contributed by atoms with Gasteiger partial charge >= 0.3 is 0 Å². The van der Waals surface area contributed by atoms with E-state index < -0.39 is 8.07 Å². The Morgan fingerprint density at radius 3 is 2.34 bits per heavy atom. The minimum atomic E-state index is -2.20. The number of thioether (sulfide) groups is 1. The second-order valence-electron chi connectivity index (χ2n) is 17.3. The molecule has 2 aromatic heterocycles. The van der Waals surface area contributed by atoms with Crippen LogP contribution in [0.4, 0.5) is 10.2 Å². The van der Waals surface area contributed by atoms with Crippen molar-refractivity contribution < 1.29 is 18.6 Å². The van der Waals surface area contributed by atoms with Crippen molar-refractivity contribution in [2.75, 3.05) is 45.1 Å². The molecule has 0 radical (unpaired) electrons. The highest BCUT2D eigenvalue weighted by atomic mass is 32.2. The Morgan fingerprint density at radius 2 is 1.69 bits per heavy atom. The molecule has 0 amide bonds. The summed E-state index contributed by atoms with van der Waals surface area (Å²) in [5.41, 5.74) is 10.4. The molecule has 1 aliphatic rings. The summed E-state index contributed by atoms with van der Waals surface area (Å²) in [7, 11) is -0.616. The van der Waals surface area contributed by atoms with Gasteiger partial charge in [-0.15, -0.1) is 5.54 Å². The molecular weight excluding hydrogens is 762 g/mol. The van der Waals surface area contributed by atoms with Gasteiger partial charge in [0.1, 0.15) is 47.6 Å². The van der Waals surface area contributed by atoms with E-state index in [4.69, 9.17) is 24.2 Å². The van der Waals surface area contributed by atoms with Gasteiger partial charge in [0, 0.05) is 44.5 Å². The third-order valence-electron chi connectivity index (χ3n) is 11.6. The van der Waals surface area contributed by atoms with E-state index in [9.17, 15) is 5.26 Å². The summed E-state index contributed by atoms with van der Waals surface area (Å²) in [5, 5.41) is 13.2. The molecule has 0 spiro atoms. The van der Waals surface area contributed by atoms with Crippen LogP contribution in [0.5, 0.6) is 5.75 Å². The van der Waals surface area contributed by atoms with Gasteiger partial charge in [0.15, 0.2) is 6.79 Å². The monoisotopic (exact) mass is 819 g/mol. The summed E-state index contributed by atoms with van der Waals surface area (Å²) < 4.78 is 35.3. The number of methoxy groups -OCH3 is 1. The summed E-state index contributed by atoms with van der Waals surface area (Å²) in [5.74, 6) is 5.01. The zero-order valence-corrected chi connectivity index (χ0v) is 37.6. The smallest absolute Gasteiger partial charge is 0.188 e. The van der Waals surface area contributed by atoms with Crippen molar-refractivity contribution in [3.05, 3.63) is 88.5 Å². The van der Waals surface area contributed by atoms with Crippen LogP contribution in [-0.4, -0.2) is 62.8 Å². The first kappa shape index (κ1) is 43.2. The molecule has 0 atom stereocenters. The number of nitrogens with zero attached hydrogens (tertiary/aromatic N) is 5. The van der Waals surface area contributed by atoms with Crippen molar-refractivity contribution in [2.24, 2.45) is 0 Å². The first-order chi connectivity index (χ1) is 27.7. The van der Waals surface area contributed by atoms with E-state index in [0.29, 0.717) is 75.9 Å². The predicted molar refractivity (Wildman–Crippen MR) is 238 cm³/mol. The Hall–Kier alpha value is -4.39. The van der Waals surface area contributed by atoms with E-state index in [1.54, 1.807) is 31.3 Å². The maximum atomic E-state index is 16.3. The van der Waals surface area contributed by atoms with Crippen LogP contribution < -0.4 is 9.64 Å². The minimum absolute atomic E-state index is 0.0603. The SMILES string of the molecule is COCOc1cc(Cn2cnc3c(SCc4ccc(C(C)(C)C)cc4)nc(N4CCCOCC4)c(C#N)c32)c2c(C#C[Si](C(C)C)(C(C)C)C(C)C)c(F)ccc2c1. The zero-order chi connectivity index (χ0) is 41.8. The molecule has 0 aliphatic carbocycles. The average molecular weight is 820 g/mol. The number of pyridine rings is 1. The van der Waals surface area contributed by atoms with Crippen LogP contribution in [0.15, 0.2) is 59.9 Å². The van der Waals surface area contributed by atoms with Crippen molar-refractivity contribution in [1.82, 2.24) is 14.5 Å². The molecule has 306 valence electrons. The fourth-order valence-electron chi connectivity index (χ4n) is 8.62. The van der Waals surface area contributed by atoms with Crippen molar-refractivity contribution in [2.45, 2.75) is 108 Å². The lowest BCUT2D eigenvalue weighted by Gasteiger charge is -2.38. The number of aromatic nitrogens is 3. The Bertz CT molecular complexity index is 2320. The number of fused-ring (bicyclic) bond motifs is 2. The van der Waals surface area contributed by atoms with E-state index in [-0.39, 0.29) is 24.6 Å². The summed E-state index contributed by atoms with van der Waals surface area (Å²) >= 11 is 1.62. The molecule has 0 saturated carbocycles. The molecule has 0 unspecified atom stereocenters. The minimum Gasteiger partial charge on any atom is -0.468 e. The number of rotatable bonds is 12. The molecule has 6 rings (SSSR count). The standard InChI is InChI=1S/C47H58FN5O3SSi/c1-31(2)58(32(3)4,33(5)6)23-18-39-41(48)17-14-35-24-38(56-30-54-10)25-36(42(35)39)27-53-29-50-43-44(53)40(26-49)45(52-19-11-21-55-22-20-52)51-46(43)57-28-34-12-15-37(16-13-34)47(7,8)9/h12-17,24-25,29,31-33H,11,19-22,27-28,30H2,1-10H3. The van der Waals surface area contributed by atoms with Gasteiger partial charge in [0.25, 0.3) is 0 Å². The Balaban J connectivity index is 1.53. The topological polar surface area (TPSA) is 85.4 Å². The molecule has 8 nitrogen and oxygen atoms in total. The second kappa shape index (κ2) is 18.3. The number of halogens is 1. The van der Waals surface area contributed by atoms with Gasteiger partial charge in [-0.1, -0.05) is 110 Å². The fraction of sp³-hybridized carbons (Fsp3) is 0.468. The second-order valence-corrected chi connectivity index (χ2v) is 23.8. The number of hydrogen-bond donors (Lipinski definition) is 0. The lowest BCUT2D eigenvalue weighted by atomic mass is 9.87. The van der Waals surface area contributed by atoms with Crippen molar-refractivity contribution in [1.29, 1.82) is 5.26 Å². The zero-order valence-electron chi connectivity index (χ0n) is 35.8. The van der Waals surface area contributed by atoms with Crippen LogP contribution in [0, 0.1) is 28.6 Å². The predicted octanol–water partition coefficient (Wildman–Crippen LogP) is 11.0. The van der Waals surface area contributed by atoms with E-state index in [1.165, 1.54) is 17.2 Å². The quantitative estimate of drug-likeness (QED) is 0.0532. The maximum Gasteiger partial charge on any atom is 0.188 e. The summed E-state index contributed by atoms with van der Waals surface area (Å²) in [4.78, 5) is 12.3. The third kappa shape index (κ3) is 8.94. The lowest BCUT2D eigenvalue weighted by Crippen LogP contribution is -2.43. The number of nitriles is 1. The van der Waals surface area contributed by atoms with Crippen LogP contribution in [0.1, 0.15) is 96.6 Å². The maximum absolute atomic E-state index is 16.3. The van der Waals surface area contributed by atoms with E-state index >= 15 is 4.39 Å². The Morgan fingerprint density at radius 1 is 0.966 bits per heavy atom. The first-order valence-electron chi connectivity index (χ1n) is 20.4. The van der Waals surface area contributed by atoms with Crippen LogP contribution >= 0.6 is 11.8 Å². The number of anilines is 1. The van der Waals surface area contributed by atoms with Crippen molar-refractivity contribution in [3.63, 3.8) is 0 Å². The summed E-state index contributed by atoms with van der Waals surface area (Å²) in [6, 6.07) is 18.4. The molecule has 58 heavy (non-hydrogen) atoms. The molecule has 0 N–H and O–H groups in total. The number of hydrogen-bond acceptors (Lipinski definition) is 8. The highest BCUT2D eigenvalue weighted by molar-refractivity contribution is 7.98. The van der Waals surface area contributed by atoms with E-state index in [2.05, 4.69) is 109 Å². The summed E-state index contributed by atoms with van der Waals surface area (Å²) in [6.45, 7) is 23.1. The number of ether oxygens (including phenoxy) is 3.